The van der Waals surface area contributed by atoms with E-state index in [1.807, 2.05) is 52.0 Å². The molecule has 0 unspecified atom stereocenters. The molecule has 1 N–H and O–H groups in total. The minimum atomic E-state index is -3.80. The van der Waals surface area contributed by atoms with Gasteiger partial charge >= 0.3 is 0 Å². The predicted octanol–water partition coefficient (Wildman–Crippen LogP) is 4.45. The molecule has 0 aliphatic rings. The maximum absolute atomic E-state index is 13.6. The van der Waals surface area contributed by atoms with Gasteiger partial charge < -0.3 is 10.2 Å². The lowest BCUT2D eigenvalue weighted by Gasteiger charge is -2.33. The first-order chi connectivity index (χ1) is 16.5. The third kappa shape index (κ3) is 8.25. The Kier molecular flexibility index (Phi) is 10.6. The van der Waals surface area contributed by atoms with Crippen LogP contribution in [0.15, 0.2) is 42.5 Å². The molecular weight excluding hydrogens is 486 g/mol. The molecule has 0 aliphatic carbocycles. The predicted molar refractivity (Wildman–Crippen MR) is 142 cm³/mol. The zero-order chi connectivity index (χ0) is 26.2. The van der Waals surface area contributed by atoms with Crippen molar-refractivity contribution in [2.45, 2.75) is 59.5 Å². The number of hydrogen-bond acceptors (Lipinski definition) is 4. The van der Waals surface area contributed by atoms with E-state index in [1.165, 1.54) is 11.0 Å². The van der Waals surface area contributed by atoms with Crippen molar-refractivity contribution in [3.8, 4) is 0 Å². The number of sulfonamides is 1. The smallest absolute Gasteiger partial charge is 0.244 e. The van der Waals surface area contributed by atoms with Gasteiger partial charge in [0.15, 0.2) is 0 Å². The van der Waals surface area contributed by atoms with Gasteiger partial charge in [0, 0.05) is 18.1 Å². The number of nitrogens with zero attached hydrogens (tertiary/aromatic N) is 2. The molecule has 9 heteroatoms. The minimum Gasteiger partial charge on any atom is -0.354 e. The van der Waals surface area contributed by atoms with Crippen molar-refractivity contribution in [3.05, 3.63) is 64.2 Å². The number of nitrogens with one attached hydrogen (secondary N) is 1. The van der Waals surface area contributed by atoms with Gasteiger partial charge in [-0.1, -0.05) is 67.8 Å². The summed E-state index contributed by atoms with van der Waals surface area (Å²) in [5.74, 6) is -0.712. The highest BCUT2D eigenvalue weighted by Crippen LogP contribution is 2.25. The number of anilines is 1. The van der Waals surface area contributed by atoms with Crippen LogP contribution >= 0.6 is 11.6 Å². The van der Waals surface area contributed by atoms with E-state index in [2.05, 4.69) is 5.32 Å². The quantitative estimate of drug-likeness (QED) is 0.418. The van der Waals surface area contributed by atoms with Crippen LogP contribution in [0, 0.1) is 13.8 Å². The number of halogens is 1. The molecule has 0 saturated carbocycles. The minimum absolute atomic E-state index is 0.186. The van der Waals surface area contributed by atoms with E-state index in [0.29, 0.717) is 23.7 Å². The average Bonchev–Trinajstić information content (AvgIpc) is 2.80. The number of benzene rings is 2. The monoisotopic (exact) mass is 521 g/mol. The van der Waals surface area contributed by atoms with Crippen LogP contribution in [0.3, 0.4) is 0 Å². The second-order valence-electron chi connectivity index (χ2n) is 8.78. The number of hydrogen-bond donors (Lipinski definition) is 1. The molecule has 0 heterocycles. The number of amides is 2. The summed E-state index contributed by atoms with van der Waals surface area (Å²) in [6.45, 7) is 7.93. The standard InChI is InChI=1S/C26H36ClN3O4S/c1-6-8-15-28-26(32)24(7-2)29(17-21-12-9-19(3)10-13-21)25(31)18-30(35(5,33)34)22-14-11-20(4)23(27)16-22/h9-14,16,24H,6-8,15,17-18H2,1-5H3,(H,28,32)/t24-/m1/s1. The summed E-state index contributed by atoms with van der Waals surface area (Å²) in [7, 11) is -3.80. The van der Waals surface area contributed by atoms with Crippen LogP contribution in [-0.2, 0) is 26.2 Å². The molecule has 0 saturated heterocycles. The van der Waals surface area contributed by atoms with Crippen LogP contribution in [0.5, 0.6) is 0 Å². The molecule has 192 valence electrons. The Bertz CT molecular complexity index is 1120. The summed E-state index contributed by atoms with van der Waals surface area (Å²) in [4.78, 5) is 28.1. The maximum atomic E-state index is 13.6. The molecule has 2 amide bonds. The Labute approximate surface area is 214 Å². The van der Waals surface area contributed by atoms with Gasteiger partial charge in [0.2, 0.25) is 21.8 Å². The first-order valence-corrected chi connectivity index (χ1v) is 14.1. The van der Waals surface area contributed by atoms with Crippen molar-refractivity contribution < 1.29 is 18.0 Å². The topological polar surface area (TPSA) is 86.8 Å². The Morgan fingerprint density at radius 1 is 1.06 bits per heavy atom. The molecule has 2 rings (SSSR count). The van der Waals surface area contributed by atoms with Gasteiger partial charge in [0.25, 0.3) is 0 Å². The van der Waals surface area contributed by atoms with Crippen molar-refractivity contribution in [1.29, 1.82) is 0 Å². The van der Waals surface area contributed by atoms with Crippen molar-refractivity contribution in [3.63, 3.8) is 0 Å². The lowest BCUT2D eigenvalue weighted by molar-refractivity contribution is -0.140. The summed E-state index contributed by atoms with van der Waals surface area (Å²) in [5, 5.41) is 3.32. The number of aryl methyl sites for hydroxylation is 2. The van der Waals surface area contributed by atoms with E-state index < -0.39 is 28.5 Å². The van der Waals surface area contributed by atoms with Gasteiger partial charge in [-0.05, 0) is 49.9 Å². The van der Waals surface area contributed by atoms with Crippen molar-refractivity contribution >= 4 is 39.1 Å². The fourth-order valence-electron chi connectivity index (χ4n) is 3.67. The molecule has 0 bridgehead atoms. The van der Waals surface area contributed by atoms with Crippen LogP contribution in [0.2, 0.25) is 5.02 Å². The Morgan fingerprint density at radius 2 is 1.71 bits per heavy atom. The van der Waals surface area contributed by atoms with E-state index in [1.54, 1.807) is 12.1 Å². The summed E-state index contributed by atoms with van der Waals surface area (Å²) in [5.41, 5.74) is 3.03. The van der Waals surface area contributed by atoms with E-state index >= 15 is 0 Å². The fraction of sp³-hybridized carbons (Fsp3) is 0.462. The molecule has 7 nitrogen and oxygen atoms in total. The molecule has 0 aliphatic heterocycles. The highest BCUT2D eigenvalue weighted by Gasteiger charge is 2.31. The molecule has 35 heavy (non-hydrogen) atoms. The van der Waals surface area contributed by atoms with Crippen molar-refractivity contribution in [1.82, 2.24) is 10.2 Å². The van der Waals surface area contributed by atoms with Crippen LogP contribution in [0.1, 0.15) is 49.8 Å². The van der Waals surface area contributed by atoms with Crippen LogP contribution in [0.4, 0.5) is 5.69 Å². The fourth-order valence-corrected chi connectivity index (χ4v) is 4.68. The number of carbonyl (C=O) groups is 2. The average molecular weight is 522 g/mol. The summed E-state index contributed by atoms with van der Waals surface area (Å²) >= 11 is 6.23. The normalized spacial score (nSPS) is 12.2. The third-order valence-corrected chi connectivity index (χ3v) is 7.36. The SMILES string of the molecule is CCCCNC(=O)[C@@H](CC)N(Cc1ccc(C)cc1)C(=O)CN(c1ccc(C)c(Cl)c1)S(C)(=O)=O. The lowest BCUT2D eigenvalue weighted by atomic mass is 10.1. The van der Waals surface area contributed by atoms with E-state index in [0.717, 1.165) is 40.1 Å². The zero-order valence-corrected chi connectivity index (χ0v) is 22.7. The maximum Gasteiger partial charge on any atom is 0.244 e. The molecule has 0 fully saturated rings. The Hall–Kier alpha value is -2.58. The van der Waals surface area contributed by atoms with Gasteiger partial charge in [-0.25, -0.2) is 8.42 Å². The number of unbranched alkanes of at least 4 members (excludes halogenated alkanes) is 1. The summed E-state index contributed by atoms with van der Waals surface area (Å²) < 4.78 is 26.4. The lowest BCUT2D eigenvalue weighted by Crippen LogP contribution is -2.52. The summed E-state index contributed by atoms with van der Waals surface area (Å²) in [6, 6.07) is 11.8. The zero-order valence-electron chi connectivity index (χ0n) is 21.2. The number of rotatable bonds is 12. The van der Waals surface area contributed by atoms with Crippen LogP contribution in [-0.4, -0.2) is 50.5 Å². The van der Waals surface area contributed by atoms with E-state index in [4.69, 9.17) is 11.6 Å². The number of carbonyl (C=O) groups excluding carboxylic acids is 2. The van der Waals surface area contributed by atoms with Gasteiger partial charge in [-0.15, -0.1) is 0 Å². The highest BCUT2D eigenvalue weighted by molar-refractivity contribution is 7.92. The molecule has 2 aromatic carbocycles. The van der Waals surface area contributed by atoms with Gasteiger partial charge in [-0.3, -0.25) is 13.9 Å². The van der Waals surface area contributed by atoms with Crippen molar-refractivity contribution in [2.24, 2.45) is 0 Å². The second-order valence-corrected chi connectivity index (χ2v) is 11.1. The second kappa shape index (κ2) is 12.9. The van der Waals surface area contributed by atoms with Gasteiger partial charge in [0.1, 0.15) is 12.6 Å². The van der Waals surface area contributed by atoms with Gasteiger partial charge in [-0.2, -0.15) is 0 Å². The molecule has 0 aromatic heterocycles. The van der Waals surface area contributed by atoms with E-state index in [9.17, 15) is 18.0 Å². The third-order valence-electron chi connectivity index (χ3n) is 5.81. The first-order valence-electron chi connectivity index (χ1n) is 11.8. The Balaban J connectivity index is 2.41. The highest BCUT2D eigenvalue weighted by atomic mass is 35.5. The summed E-state index contributed by atoms with van der Waals surface area (Å²) in [6.07, 6.45) is 3.22. The largest absolute Gasteiger partial charge is 0.354 e. The molecule has 2 aromatic rings. The molecular formula is C26H36ClN3O4S. The van der Waals surface area contributed by atoms with Crippen LogP contribution < -0.4 is 9.62 Å². The molecule has 1 atom stereocenters. The molecule has 0 radical (unpaired) electrons. The first kappa shape index (κ1) is 28.7. The van der Waals surface area contributed by atoms with Crippen molar-refractivity contribution in [2.75, 3.05) is 23.7 Å². The molecule has 0 spiro atoms. The Morgan fingerprint density at radius 3 is 2.26 bits per heavy atom. The van der Waals surface area contributed by atoms with Gasteiger partial charge in [0.05, 0.1) is 11.9 Å². The van der Waals surface area contributed by atoms with Crippen LogP contribution in [0.25, 0.3) is 0 Å². The van der Waals surface area contributed by atoms with E-state index in [-0.39, 0.29) is 12.5 Å².